The third kappa shape index (κ3) is 26.7. The Hall–Kier alpha value is -5.95. The van der Waals surface area contributed by atoms with Gasteiger partial charge in [-0.25, -0.2) is 4.79 Å². The van der Waals surface area contributed by atoms with Crippen LogP contribution < -0.4 is 47.9 Å². The molecule has 1 aliphatic heterocycles. The van der Waals surface area contributed by atoms with E-state index < -0.39 is 170 Å². The highest BCUT2D eigenvalue weighted by Gasteiger charge is 2.41. The quantitative estimate of drug-likeness (QED) is 0.0376. The highest BCUT2D eigenvalue weighted by atomic mass is 16.5. The zero-order valence-corrected chi connectivity index (χ0v) is 50.2. The predicted octanol–water partition coefficient (Wildman–Crippen LogP) is 0.575. The number of aliphatic hydroxyl groups excluding tert-OH is 3. The molecule has 0 aromatic carbocycles. The Morgan fingerprint density at radius 2 is 1.06 bits per heavy atom. The number of methoxy groups -OCH3 is 1. The van der Waals surface area contributed by atoms with Crippen LogP contribution in [0, 0.1) is 29.6 Å². The van der Waals surface area contributed by atoms with E-state index in [9.17, 15) is 68.1 Å². The standard InChI is InChI=1S/C56H99N9O16/c1-14-17-18-19-20-21-36(68)27-43(69)57-38(24-30(4)5)49(72)58-37(22-23-44(70)80-13)48(71)65-47-35(12)81-56(79)46(34(11)16-3)64-53(76)42(29-67)62-50(73)39(25-31(6)7)59-52(75)41(28-66)61-51(74)40(26-32(8)9)60-54(77)45(33(10)15-2)63-55(47)78/h30-42,45-47,66-68H,14-29H2,1-13H3,(H,57,69)(H,58,72)(H,59,75)(H,60,77)(H,61,74)(H,62,73)(H,63,78)(H,64,76)(H,65,71)/t33?,34?,35?,36-,37+,38-,39-,40-,41+,42+,45+,46-,47+/m0/s1. The van der Waals surface area contributed by atoms with Crippen molar-refractivity contribution in [2.24, 2.45) is 29.6 Å². The topological polar surface area (TPSA) is 375 Å². The summed E-state index contributed by atoms with van der Waals surface area (Å²) in [4.78, 5) is 154. The molecule has 0 aliphatic carbocycles. The molecule has 25 nitrogen and oxygen atoms in total. The largest absolute Gasteiger partial charge is 0.469 e. The maximum absolute atomic E-state index is 14.9. The van der Waals surface area contributed by atoms with Gasteiger partial charge in [0.25, 0.3) is 0 Å². The lowest BCUT2D eigenvalue weighted by atomic mass is 9.96. The summed E-state index contributed by atoms with van der Waals surface area (Å²) in [5.41, 5.74) is 0. The molecule has 1 rings (SSSR count). The Kier molecular flexibility index (Phi) is 34.2. The fraction of sp³-hybridized carbons (Fsp3) is 0.804. The minimum Gasteiger partial charge on any atom is -0.469 e. The Bertz CT molecular complexity index is 2060. The van der Waals surface area contributed by atoms with Crippen molar-refractivity contribution in [3.8, 4) is 0 Å². The number of ether oxygens (including phenoxy) is 2. The van der Waals surface area contributed by atoms with Crippen LogP contribution in [0.15, 0.2) is 0 Å². The van der Waals surface area contributed by atoms with Gasteiger partial charge in [0, 0.05) is 6.42 Å². The molecule has 0 radical (unpaired) electrons. The van der Waals surface area contributed by atoms with Gasteiger partial charge in [0.05, 0.1) is 32.8 Å². The molecule has 25 heteroatoms. The van der Waals surface area contributed by atoms with E-state index in [2.05, 4.69) is 54.8 Å². The van der Waals surface area contributed by atoms with Crippen LogP contribution in [-0.4, -0.2) is 167 Å². The van der Waals surface area contributed by atoms with E-state index in [0.29, 0.717) is 12.8 Å². The lowest BCUT2D eigenvalue weighted by molar-refractivity contribution is -0.158. The predicted molar refractivity (Wildman–Crippen MR) is 300 cm³/mol. The zero-order chi connectivity index (χ0) is 61.7. The van der Waals surface area contributed by atoms with Gasteiger partial charge in [-0.3, -0.25) is 47.9 Å². The van der Waals surface area contributed by atoms with Gasteiger partial charge in [-0.2, -0.15) is 0 Å². The first-order valence-corrected chi connectivity index (χ1v) is 29.0. The number of hydrogen-bond acceptors (Lipinski definition) is 16. The summed E-state index contributed by atoms with van der Waals surface area (Å²) in [6.45, 7) is 18.6. The lowest BCUT2D eigenvalue weighted by Gasteiger charge is -2.32. The average Bonchev–Trinajstić information content (AvgIpc) is 3.40. The SMILES string of the molecule is CCCCCCC[C@H](O)CC(=O)N[C@@H](CC(C)C)C(=O)N[C@H](CCC(=O)OC)C(=O)N[C@H]1C(=O)N[C@H](C(C)CC)C(=O)N[C@@H](CC(C)C)C(=O)N[C@H](CO)C(=O)N[C@@H](CC(C)C)C(=O)N[C@H](CO)C(=O)N[C@@H](C(C)CC)C(=O)OC1C. The van der Waals surface area contributed by atoms with E-state index in [1.165, 1.54) is 6.92 Å². The van der Waals surface area contributed by atoms with E-state index in [0.717, 1.165) is 32.8 Å². The van der Waals surface area contributed by atoms with Crippen LogP contribution >= 0.6 is 0 Å². The first-order valence-electron chi connectivity index (χ1n) is 29.0. The van der Waals surface area contributed by atoms with Gasteiger partial charge in [-0.1, -0.05) is 121 Å². The first-order chi connectivity index (χ1) is 38.1. The van der Waals surface area contributed by atoms with E-state index in [4.69, 9.17) is 9.47 Å². The van der Waals surface area contributed by atoms with Crippen molar-refractivity contribution < 1.29 is 77.5 Å². The summed E-state index contributed by atoms with van der Waals surface area (Å²) < 4.78 is 10.7. The second-order valence-corrected chi connectivity index (χ2v) is 22.7. The van der Waals surface area contributed by atoms with Crippen LogP contribution in [0.4, 0.5) is 0 Å². The monoisotopic (exact) mass is 1150 g/mol. The van der Waals surface area contributed by atoms with Gasteiger partial charge in [0.2, 0.25) is 53.2 Å². The number of unbranched alkanes of at least 4 members (excludes halogenated alkanes) is 4. The van der Waals surface area contributed by atoms with E-state index >= 15 is 0 Å². The maximum Gasteiger partial charge on any atom is 0.329 e. The summed E-state index contributed by atoms with van der Waals surface area (Å²) in [6, 6.07) is -13.9. The summed E-state index contributed by atoms with van der Waals surface area (Å²) in [7, 11) is 1.11. The summed E-state index contributed by atoms with van der Waals surface area (Å²) in [5, 5.41) is 54.3. The van der Waals surface area contributed by atoms with Gasteiger partial charge in [0.1, 0.15) is 60.5 Å². The number of carbonyl (C=O) groups excluding carboxylic acids is 11. The lowest BCUT2D eigenvalue weighted by Crippen LogP contribution is -2.64. The molecule has 13 atom stereocenters. The Labute approximate surface area is 478 Å². The molecule has 464 valence electrons. The molecule has 12 N–H and O–H groups in total. The number of esters is 2. The third-order valence-electron chi connectivity index (χ3n) is 14.1. The fourth-order valence-electron chi connectivity index (χ4n) is 8.88. The number of rotatable bonds is 28. The van der Waals surface area contributed by atoms with Crippen molar-refractivity contribution in [1.29, 1.82) is 0 Å². The minimum atomic E-state index is -1.92. The molecule has 1 fully saturated rings. The fourth-order valence-corrected chi connectivity index (χ4v) is 8.88. The molecule has 1 aliphatic rings. The van der Waals surface area contributed by atoms with Gasteiger partial charge < -0.3 is 72.6 Å². The molecule has 0 aromatic rings. The number of cyclic esters (lactones) is 1. The molecule has 9 amide bonds. The molecule has 0 bridgehead atoms. The molecule has 0 saturated carbocycles. The average molecular weight is 1150 g/mol. The van der Waals surface area contributed by atoms with Crippen molar-refractivity contribution in [2.75, 3.05) is 20.3 Å². The third-order valence-corrected chi connectivity index (χ3v) is 14.1. The smallest absolute Gasteiger partial charge is 0.329 e. The van der Waals surface area contributed by atoms with Gasteiger partial charge in [-0.15, -0.1) is 0 Å². The van der Waals surface area contributed by atoms with Crippen molar-refractivity contribution in [1.82, 2.24) is 47.9 Å². The van der Waals surface area contributed by atoms with Gasteiger partial charge in [-0.05, 0) is 68.6 Å². The van der Waals surface area contributed by atoms with Crippen molar-refractivity contribution in [2.45, 2.75) is 240 Å². The second-order valence-electron chi connectivity index (χ2n) is 22.7. The Morgan fingerprint density at radius 1 is 0.580 bits per heavy atom. The number of nitrogens with one attached hydrogen (secondary N) is 9. The molecule has 81 heavy (non-hydrogen) atoms. The number of aliphatic hydroxyl groups is 3. The van der Waals surface area contributed by atoms with Gasteiger partial charge >= 0.3 is 11.9 Å². The number of hydrogen-bond donors (Lipinski definition) is 12. The summed E-state index contributed by atoms with van der Waals surface area (Å²) in [5.74, 6) is -12.4. The molecule has 3 unspecified atom stereocenters. The maximum atomic E-state index is 14.9. The molecule has 0 spiro atoms. The molecular weight excluding hydrogens is 1050 g/mol. The number of carbonyl (C=O) groups is 11. The van der Waals surface area contributed by atoms with Crippen LogP contribution in [0.3, 0.4) is 0 Å². The highest BCUT2D eigenvalue weighted by molar-refractivity contribution is 5.99. The minimum absolute atomic E-state index is 0.00393. The van der Waals surface area contributed by atoms with E-state index in [1.54, 1.807) is 69.2 Å². The molecular formula is C56H99N9O16. The number of amides is 9. The highest BCUT2D eigenvalue weighted by Crippen LogP contribution is 2.18. The zero-order valence-electron chi connectivity index (χ0n) is 50.2. The second kappa shape index (κ2) is 37.9. The molecule has 1 saturated heterocycles. The van der Waals surface area contributed by atoms with Crippen LogP contribution in [0.25, 0.3) is 0 Å². The normalized spacial score (nSPS) is 24.0. The van der Waals surface area contributed by atoms with Crippen molar-refractivity contribution in [3.63, 3.8) is 0 Å². The first kappa shape index (κ1) is 73.1. The van der Waals surface area contributed by atoms with Crippen LogP contribution in [-0.2, 0) is 62.2 Å². The summed E-state index contributed by atoms with van der Waals surface area (Å²) >= 11 is 0. The Balaban J connectivity index is 4.07. The van der Waals surface area contributed by atoms with Gasteiger partial charge in [0.15, 0.2) is 0 Å². The van der Waals surface area contributed by atoms with Crippen molar-refractivity contribution in [3.05, 3.63) is 0 Å². The van der Waals surface area contributed by atoms with Crippen LogP contribution in [0.1, 0.15) is 173 Å². The molecule has 1 heterocycles. The van der Waals surface area contributed by atoms with Crippen LogP contribution in [0.5, 0.6) is 0 Å². The van der Waals surface area contributed by atoms with E-state index in [-0.39, 0.29) is 56.3 Å². The van der Waals surface area contributed by atoms with Crippen molar-refractivity contribution >= 4 is 65.1 Å². The Morgan fingerprint density at radius 3 is 1.56 bits per heavy atom. The summed E-state index contributed by atoms with van der Waals surface area (Å²) in [6.07, 6.45) is 1.86. The molecule has 0 aromatic heterocycles. The van der Waals surface area contributed by atoms with E-state index in [1.807, 2.05) is 0 Å². The van der Waals surface area contributed by atoms with Crippen LogP contribution in [0.2, 0.25) is 0 Å².